The number of rotatable bonds is 6. The third-order valence-electron chi connectivity index (χ3n) is 5.44. The molecule has 0 aromatic heterocycles. The lowest BCUT2D eigenvalue weighted by molar-refractivity contribution is 0.0951. The van der Waals surface area contributed by atoms with Crippen molar-refractivity contribution < 1.29 is 19.3 Å². The van der Waals surface area contributed by atoms with Gasteiger partial charge in [0.05, 0.1) is 19.8 Å². The zero-order chi connectivity index (χ0) is 21.4. The molecule has 0 spiro atoms. The minimum atomic E-state index is -1.08. The first-order valence-electron chi connectivity index (χ1n) is 9.72. The second-order valence-electron chi connectivity index (χ2n) is 7.50. The maximum atomic E-state index is 14.1. The van der Waals surface area contributed by atoms with Crippen molar-refractivity contribution in [1.82, 2.24) is 4.57 Å². The van der Waals surface area contributed by atoms with E-state index in [0.717, 1.165) is 12.8 Å². The van der Waals surface area contributed by atoms with Crippen molar-refractivity contribution in [3.8, 4) is 34.1 Å². The normalized spacial score (nSPS) is 14.5. The van der Waals surface area contributed by atoms with Gasteiger partial charge in [-0.1, -0.05) is 12.1 Å². The minimum Gasteiger partial charge on any atom is -0.496 e. The van der Waals surface area contributed by atoms with Gasteiger partial charge in [-0.05, 0) is 30.5 Å². The second-order valence-corrected chi connectivity index (χ2v) is 7.50. The smallest absolute Gasteiger partial charge is 0.191 e. The number of halogens is 1. The number of benzene rings is 2. The Labute approximate surface area is 172 Å². The van der Waals surface area contributed by atoms with E-state index in [4.69, 9.17) is 4.74 Å². The van der Waals surface area contributed by atoms with Gasteiger partial charge >= 0.3 is 0 Å². The number of ether oxygens (including phenoxy) is 1. The molecule has 7 heteroatoms. The molecule has 1 atom stereocenters. The summed E-state index contributed by atoms with van der Waals surface area (Å²) in [6.07, 6.45) is 2.39. The highest BCUT2D eigenvalue weighted by Gasteiger charge is 2.32. The lowest BCUT2D eigenvalue weighted by atomic mass is 9.86. The number of nitriles is 1. The monoisotopic (exact) mass is 408 g/mol. The lowest BCUT2D eigenvalue weighted by Gasteiger charge is -2.24. The molecule has 1 unspecified atom stereocenters. The van der Waals surface area contributed by atoms with E-state index in [0.29, 0.717) is 33.5 Å². The molecule has 30 heavy (non-hydrogen) atoms. The number of nitrogens with zero attached hydrogens (tertiary/aromatic N) is 2. The van der Waals surface area contributed by atoms with Gasteiger partial charge in [0.25, 0.3) is 0 Å². The van der Waals surface area contributed by atoms with Gasteiger partial charge in [0.1, 0.15) is 23.3 Å². The van der Waals surface area contributed by atoms with Gasteiger partial charge in [-0.25, -0.2) is 4.39 Å². The third-order valence-corrected chi connectivity index (χ3v) is 5.44. The van der Waals surface area contributed by atoms with E-state index in [1.165, 1.54) is 25.3 Å². The highest BCUT2D eigenvalue weighted by molar-refractivity contribution is 5.90. The molecule has 0 radical (unpaired) electrons. The van der Waals surface area contributed by atoms with Crippen molar-refractivity contribution in [2.75, 3.05) is 13.7 Å². The predicted octanol–water partition coefficient (Wildman–Crippen LogP) is 2.87. The summed E-state index contributed by atoms with van der Waals surface area (Å²) < 4.78 is 21.3. The molecule has 0 bridgehead atoms. The topological polar surface area (TPSA) is 95.5 Å². The lowest BCUT2D eigenvalue weighted by Crippen LogP contribution is -2.21. The van der Waals surface area contributed by atoms with E-state index in [-0.39, 0.29) is 23.6 Å². The summed E-state index contributed by atoms with van der Waals surface area (Å²) in [4.78, 5) is 12.9. The summed E-state index contributed by atoms with van der Waals surface area (Å²) >= 11 is 0. The maximum Gasteiger partial charge on any atom is 0.191 e. The number of methoxy groups -OCH3 is 1. The SMILES string of the molecule is COc1cc(=O)c2cn(C3CC3)c(C#N)c(-c3cccc(F)c3)c-2c1CC(O)CO. The second kappa shape index (κ2) is 7.90. The Hall–Kier alpha value is -3.21. The number of hydrogen-bond donors (Lipinski definition) is 2. The van der Waals surface area contributed by atoms with Crippen LogP contribution in [0.2, 0.25) is 0 Å². The largest absolute Gasteiger partial charge is 0.496 e. The quantitative estimate of drug-likeness (QED) is 0.654. The van der Waals surface area contributed by atoms with Crippen LogP contribution in [0.4, 0.5) is 4.39 Å². The summed E-state index contributed by atoms with van der Waals surface area (Å²) in [5.74, 6) is -0.209. The van der Waals surface area contributed by atoms with Crippen LogP contribution >= 0.6 is 0 Å². The Balaban J connectivity index is 2.17. The van der Waals surface area contributed by atoms with E-state index in [9.17, 15) is 24.7 Å². The molecule has 1 heterocycles. The fourth-order valence-corrected chi connectivity index (χ4v) is 3.92. The zero-order valence-corrected chi connectivity index (χ0v) is 16.4. The predicted molar refractivity (Wildman–Crippen MR) is 109 cm³/mol. The first-order valence-corrected chi connectivity index (χ1v) is 9.72. The molecular weight excluding hydrogens is 387 g/mol. The van der Waals surface area contributed by atoms with E-state index < -0.39 is 18.5 Å². The summed E-state index contributed by atoms with van der Waals surface area (Å²) in [6.45, 7) is -0.473. The van der Waals surface area contributed by atoms with Crippen LogP contribution in [0.5, 0.6) is 5.75 Å². The van der Waals surface area contributed by atoms with Crippen LogP contribution < -0.4 is 10.2 Å². The summed E-state index contributed by atoms with van der Waals surface area (Å²) in [7, 11) is 1.41. The molecular formula is C23H21FN2O4. The van der Waals surface area contributed by atoms with Crippen LogP contribution in [-0.4, -0.2) is 34.6 Å². The fraction of sp³-hybridized carbons (Fsp3) is 0.304. The molecule has 2 aliphatic carbocycles. The molecule has 4 rings (SSSR count). The molecule has 0 saturated heterocycles. The standard InChI is InChI=1S/C23H21FN2O4/c1-30-21-9-20(29)18-11-26(15-5-6-15)19(10-25)22(13-3-2-4-14(24)7-13)23(18)17(21)8-16(28)12-27/h2-4,7,9,11,15-16,27-28H,5-6,8,12H2,1H3. The summed E-state index contributed by atoms with van der Waals surface area (Å²) in [5, 5.41) is 29.5. The molecule has 1 aromatic rings. The molecule has 6 nitrogen and oxygen atoms in total. The number of aliphatic hydroxyl groups excluding tert-OH is 2. The van der Waals surface area contributed by atoms with E-state index in [1.807, 2.05) is 0 Å². The average molecular weight is 408 g/mol. The Morgan fingerprint density at radius 3 is 2.70 bits per heavy atom. The van der Waals surface area contributed by atoms with Gasteiger partial charge in [0, 0.05) is 47.0 Å². The molecule has 154 valence electrons. The van der Waals surface area contributed by atoms with E-state index in [1.54, 1.807) is 22.9 Å². The van der Waals surface area contributed by atoms with Crippen molar-refractivity contribution in [3.05, 3.63) is 63.8 Å². The van der Waals surface area contributed by atoms with Gasteiger partial charge in [-0.3, -0.25) is 4.79 Å². The van der Waals surface area contributed by atoms with Crippen LogP contribution in [0.3, 0.4) is 0 Å². The number of aliphatic hydroxyl groups is 2. The molecule has 3 aliphatic rings. The van der Waals surface area contributed by atoms with Crippen molar-refractivity contribution in [1.29, 1.82) is 5.26 Å². The van der Waals surface area contributed by atoms with Crippen LogP contribution in [0.25, 0.3) is 22.3 Å². The highest BCUT2D eigenvalue weighted by Crippen LogP contribution is 2.45. The number of pyridine rings is 1. The van der Waals surface area contributed by atoms with Crippen LogP contribution in [0, 0.1) is 17.1 Å². The third kappa shape index (κ3) is 3.45. The van der Waals surface area contributed by atoms with Gasteiger partial charge in [0.15, 0.2) is 5.43 Å². The van der Waals surface area contributed by atoms with Crippen LogP contribution in [0.15, 0.2) is 41.3 Å². The van der Waals surface area contributed by atoms with Crippen molar-refractivity contribution in [2.45, 2.75) is 31.4 Å². The fourth-order valence-electron chi connectivity index (χ4n) is 3.92. The zero-order valence-electron chi connectivity index (χ0n) is 16.4. The van der Waals surface area contributed by atoms with Crippen LogP contribution in [0.1, 0.15) is 30.1 Å². The molecule has 0 amide bonds. The Morgan fingerprint density at radius 2 is 2.10 bits per heavy atom. The molecule has 1 aliphatic heterocycles. The Morgan fingerprint density at radius 1 is 1.33 bits per heavy atom. The highest BCUT2D eigenvalue weighted by atomic mass is 19.1. The number of hydrogen-bond acceptors (Lipinski definition) is 5. The van der Waals surface area contributed by atoms with Crippen molar-refractivity contribution >= 4 is 0 Å². The van der Waals surface area contributed by atoms with Gasteiger partial charge < -0.3 is 19.5 Å². The molecule has 2 N–H and O–H groups in total. The number of fused-ring (bicyclic) bond motifs is 1. The Bertz CT molecular complexity index is 1180. The average Bonchev–Trinajstić information content (AvgIpc) is 3.59. The number of aromatic nitrogens is 1. The minimum absolute atomic E-state index is 0.0110. The van der Waals surface area contributed by atoms with Gasteiger partial charge in [-0.15, -0.1) is 0 Å². The van der Waals surface area contributed by atoms with Gasteiger partial charge in [-0.2, -0.15) is 5.26 Å². The summed E-state index contributed by atoms with van der Waals surface area (Å²) in [5.41, 5.74) is 2.21. The molecule has 1 fully saturated rings. The van der Waals surface area contributed by atoms with Crippen LogP contribution in [-0.2, 0) is 6.42 Å². The molecule has 1 aromatic carbocycles. The van der Waals surface area contributed by atoms with E-state index >= 15 is 0 Å². The first kappa shape index (κ1) is 20.1. The van der Waals surface area contributed by atoms with E-state index in [2.05, 4.69) is 6.07 Å². The summed E-state index contributed by atoms with van der Waals surface area (Å²) in [6, 6.07) is 9.56. The van der Waals surface area contributed by atoms with Crippen molar-refractivity contribution in [2.24, 2.45) is 0 Å². The molecule has 1 saturated carbocycles. The van der Waals surface area contributed by atoms with Crippen molar-refractivity contribution in [3.63, 3.8) is 0 Å². The van der Waals surface area contributed by atoms with Gasteiger partial charge in [0.2, 0.25) is 0 Å². The Kier molecular flexibility index (Phi) is 5.29. The first-order chi connectivity index (χ1) is 14.5. The maximum absolute atomic E-state index is 14.1.